The molecular formula is C19H30N2O6S. The van der Waals surface area contributed by atoms with Crippen LogP contribution in [0.1, 0.15) is 19.4 Å². The molecule has 1 aromatic carbocycles. The van der Waals surface area contributed by atoms with E-state index in [1.165, 1.54) is 5.56 Å². The van der Waals surface area contributed by atoms with E-state index in [1.807, 2.05) is 38.6 Å². The van der Waals surface area contributed by atoms with Crippen LogP contribution in [0.2, 0.25) is 0 Å². The summed E-state index contributed by atoms with van der Waals surface area (Å²) in [7, 11) is -0.00500. The molecule has 8 nitrogen and oxygen atoms in total. The van der Waals surface area contributed by atoms with E-state index < -0.39 is 15.9 Å². The van der Waals surface area contributed by atoms with Crippen LogP contribution in [0, 0.1) is 0 Å². The van der Waals surface area contributed by atoms with Crippen LogP contribution in [0.5, 0.6) is 0 Å². The van der Waals surface area contributed by atoms with Crippen molar-refractivity contribution >= 4 is 16.5 Å². The van der Waals surface area contributed by atoms with Gasteiger partial charge in [0.2, 0.25) is 0 Å². The maximum absolute atomic E-state index is 9.08. The van der Waals surface area contributed by atoms with Crippen LogP contribution in [-0.4, -0.2) is 86.4 Å². The van der Waals surface area contributed by atoms with Crippen molar-refractivity contribution < 1.29 is 31.8 Å². The molecule has 0 unspecified atom stereocenters. The fourth-order valence-corrected chi connectivity index (χ4v) is 3.40. The lowest BCUT2D eigenvalue weighted by Crippen LogP contribution is -2.41. The van der Waals surface area contributed by atoms with Crippen LogP contribution >= 0.6 is 0 Å². The Morgan fingerprint density at radius 1 is 1.29 bits per heavy atom. The first kappa shape index (κ1) is 22.8. The molecule has 0 amide bonds. The number of rotatable bonds is 5. The highest BCUT2D eigenvalue weighted by Crippen LogP contribution is 2.37. The van der Waals surface area contributed by atoms with Gasteiger partial charge in [-0.05, 0) is 19.4 Å². The lowest BCUT2D eigenvalue weighted by molar-refractivity contribution is -0.468. The van der Waals surface area contributed by atoms with Crippen molar-refractivity contribution in [2.24, 2.45) is 0 Å². The molecule has 158 valence electrons. The number of benzene rings is 1. The van der Waals surface area contributed by atoms with Crippen molar-refractivity contribution in [1.29, 1.82) is 0 Å². The molecule has 28 heavy (non-hydrogen) atoms. The summed E-state index contributed by atoms with van der Waals surface area (Å²) < 4.78 is 47.1. The van der Waals surface area contributed by atoms with Gasteiger partial charge in [-0.25, -0.2) is 13.0 Å². The maximum Gasteiger partial charge on any atom is 0.323 e. The average molecular weight is 415 g/mol. The molecule has 0 radical (unpaired) electrons. The highest BCUT2D eigenvalue weighted by Gasteiger charge is 2.52. The van der Waals surface area contributed by atoms with Crippen molar-refractivity contribution in [1.82, 2.24) is 4.90 Å². The van der Waals surface area contributed by atoms with E-state index in [2.05, 4.69) is 29.2 Å². The first-order valence-corrected chi connectivity index (χ1v) is 10.9. The van der Waals surface area contributed by atoms with Gasteiger partial charge in [-0.3, -0.25) is 4.90 Å². The van der Waals surface area contributed by atoms with Crippen molar-refractivity contribution in [2.45, 2.75) is 44.4 Å². The summed E-state index contributed by atoms with van der Waals surface area (Å²) in [5, 5.41) is 0. The lowest BCUT2D eigenvalue weighted by Gasteiger charge is -2.29. The quantitative estimate of drug-likeness (QED) is 0.306. The zero-order chi connectivity index (χ0) is 20.9. The summed E-state index contributed by atoms with van der Waals surface area (Å²) >= 11 is 0. The van der Waals surface area contributed by atoms with Gasteiger partial charge in [0.05, 0.1) is 16.2 Å². The summed E-state index contributed by atoms with van der Waals surface area (Å²) in [4.78, 5) is 2.41. The number of likely N-dealkylation sites (tertiary alicyclic amines) is 1. The number of hydrogen-bond donors (Lipinski definition) is 0. The minimum absolute atomic E-state index is 0.0595. The Morgan fingerprint density at radius 3 is 2.46 bits per heavy atom. The average Bonchev–Trinajstić information content (AvgIpc) is 2.99. The molecule has 0 aliphatic carbocycles. The molecule has 2 heterocycles. The van der Waals surface area contributed by atoms with Gasteiger partial charge in [0, 0.05) is 19.3 Å². The van der Waals surface area contributed by atoms with Gasteiger partial charge in [0.25, 0.3) is 0 Å². The third kappa shape index (κ3) is 7.48. The topological polar surface area (TPSA) is 91.1 Å². The van der Waals surface area contributed by atoms with E-state index in [0.717, 1.165) is 13.1 Å². The van der Waals surface area contributed by atoms with Crippen LogP contribution in [0.15, 0.2) is 30.3 Å². The Morgan fingerprint density at radius 2 is 1.89 bits per heavy atom. The van der Waals surface area contributed by atoms with Gasteiger partial charge >= 0.3 is 6.40 Å². The zero-order valence-corrected chi connectivity index (χ0v) is 17.9. The Labute approximate surface area is 167 Å². The van der Waals surface area contributed by atoms with Crippen LogP contribution < -0.4 is 0 Å². The first-order valence-electron chi connectivity index (χ1n) is 9.10. The van der Waals surface area contributed by atoms with Gasteiger partial charge in [0.15, 0.2) is 5.79 Å². The fourth-order valence-electron chi connectivity index (χ4n) is 3.40. The Balaban J connectivity index is 0.000000500. The highest BCUT2D eigenvalue weighted by atomic mass is 32.2. The lowest BCUT2D eigenvalue weighted by atomic mass is 10.1. The predicted octanol–water partition coefficient (Wildman–Crippen LogP) is 0.869. The highest BCUT2D eigenvalue weighted by molar-refractivity contribution is 7.84. The van der Waals surface area contributed by atoms with Gasteiger partial charge in [-0.1, -0.05) is 30.3 Å². The second-order valence-electron chi connectivity index (χ2n) is 7.73. The zero-order valence-electron chi connectivity index (χ0n) is 17.1. The molecule has 2 aliphatic rings. The molecule has 3 atom stereocenters. The molecule has 0 aromatic heterocycles. The van der Waals surface area contributed by atoms with E-state index in [4.69, 9.17) is 27.2 Å². The Kier molecular flexibility index (Phi) is 7.58. The molecule has 0 saturated carbocycles. The molecule has 9 heteroatoms. The summed E-state index contributed by atoms with van der Waals surface area (Å²) in [6.07, 6.45) is 2.52. The van der Waals surface area contributed by atoms with Gasteiger partial charge in [0.1, 0.15) is 32.9 Å². The molecule has 0 N–H and O–H groups in total. The maximum atomic E-state index is 9.08. The molecule has 2 fully saturated rings. The predicted molar refractivity (Wildman–Crippen MR) is 104 cm³/mol. The van der Waals surface area contributed by atoms with Crippen molar-refractivity contribution in [3.63, 3.8) is 0 Å². The third-order valence-corrected chi connectivity index (χ3v) is 4.27. The van der Waals surface area contributed by atoms with E-state index in [1.54, 1.807) is 6.40 Å². The molecule has 0 spiro atoms. The van der Waals surface area contributed by atoms with E-state index in [9.17, 15) is 0 Å². The third-order valence-electron chi connectivity index (χ3n) is 4.27. The smallest absolute Gasteiger partial charge is 0.323 e. The van der Waals surface area contributed by atoms with Crippen molar-refractivity contribution in [3.05, 3.63) is 35.9 Å². The number of hydrogen-bond acceptors (Lipinski definition) is 7. The Bertz CT molecular complexity index is 754. The Hall–Kier alpha value is -1.52. The van der Waals surface area contributed by atoms with E-state index >= 15 is 0 Å². The van der Waals surface area contributed by atoms with Gasteiger partial charge < -0.3 is 18.8 Å². The first-order chi connectivity index (χ1) is 12.9. The van der Waals surface area contributed by atoms with E-state index in [0.29, 0.717) is 12.9 Å². The molecule has 2 saturated heterocycles. The van der Waals surface area contributed by atoms with Crippen molar-refractivity contribution in [3.8, 4) is 0 Å². The molecule has 3 rings (SSSR count). The molecule has 2 aliphatic heterocycles. The molecule has 1 aromatic rings. The SMILES string of the molecule is CS(=O)(=O)[O-].C[N+](C)=COC[C@H]1[C@H]2OC(C)(C)O[C@H]2CN1Cc1ccccc1. The second kappa shape index (κ2) is 9.32. The summed E-state index contributed by atoms with van der Waals surface area (Å²) in [5.41, 5.74) is 1.30. The summed E-state index contributed by atoms with van der Waals surface area (Å²) in [5.74, 6) is -0.502. The van der Waals surface area contributed by atoms with Gasteiger partial charge in [-0.2, -0.15) is 0 Å². The molecular weight excluding hydrogens is 384 g/mol. The second-order valence-corrected chi connectivity index (χ2v) is 9.14. The minimum atomic E-state index is -3.92. The number of fused-ring (bicyclic) bond motifs is 1. The summed E-state index contributed by atoms with van der Waals surface area (Å²) in [6, 6.07) is 10.7. The number of ether oxygens (including phenoxy) is 3. The number of nitrogens with zero attached hydrogens (tertiary/aromatic N) is 2. The van der Waals surface area contributed by atoms with Crippen LogP contribution in [0.3, 0.4) is 0 Å². The van der Waals surface area contributed by atoms with E-state index in [-0.39, 0.29) is 18.2 Å². The van der Waals surface area contributed by atoms with Crippen LogP contribution in [-0.2, 0) is 30.9 Å². The fraction of sp³-hybridized carbons (Fsp3) is 0.632. The minimum Gasteiger partial charge on any atom is -0.748 e. The largest absolute Gasteiger partial charge is 0.748 e. The molecule has 0 bridgehead atoms. The monoisotopic (exact) mass is 414 g/mol. The van der Waals surface area contributed by atoms with Crippen molar-refractivity contribution in [2.75, 3.05) is 33.5 Å². The standard InChI is InChI=1S/C18H27N2O3.CH4O3S/c1-18(2)22-16-11-20(10-14-8-6-5-7-9-14)15(17(16)23-18)12-21-13-19(3)4;1-5(2,3)4/h5-9,13,15-17H,10-12H2,1-4H3;1H3,(H,2,3,4)/q+1;/p-1/t15-,16-,17+;/m0./s1. The summed E-state index contributed by atoms with van der Waals surface area (Å²) in [6.45, 7) is 6.33. The normalized spacial score (nSPS) is 26.1. The van der Waals surface area contributed by atoms with Crippen LogP contribution in [0.4, 0.5) is 0 Å². The van der Waals surface area contributed by atoms with Gasteiger partial charge in [-0.15, -0.1) is 0 Å². The van der Waals surface area contributed by atoms with Crippen LogP contribution in [0.25, 0.3) is 0 Å².